The van der Waals surface area contributed by atoms with Crippen molar-refractivity contribution in [1.29, 1.82) is 0 Å². The molecule has 0 unspecified atom stereocenters. The summed E-state index contributed by atoms with van der Waals surface area (Å²) >= 11 is 0. The average molecular weight is 265 g/mol. The SMILES string of the molecule is CC(=O)Nc1cc(NC(C)=O)cc(N(O)C(C)=O)c1. The molecule has 0 fully saturated rings. The number of hydrogen-bond donors (Lipinski definition) is 3. The van der Waals surface area contributed by atoms with Crippen molar-refractivity contribution < 1.29 is 19.6 Å². The van der Waals surface area contributed by atoms with E-state index < -0.39 is 5.91 Å². The Morgan fingerprint density at radius 1 is 0.947 bits per heavy atom. The fourth-order valence-corrected chi connectivity index (χ4v) is 1.47. The molecule has 3 N–H and O–H groups in total. The minimum atomic E-state index is -0.589. The number of amides is 3. The summed E-state index contributed by atoms with van der Waals surface area (Å²) in [6.07, 6.45) is 0. The standard InChI is InChI=1S/C12H15N3O4/c1-7(16)13-10-4-11(14-8(2)17)6-12(5-10)15(19)9(3)18/h4-6,19H,1-3H3,(H,13,16)(H,14,17). The van der Waals surface area contributed by atoms with Crippen LogP contribution in [0.15, 0.2) is 18.2 Å². The second-order valence-electron chi connectivity index (χ2n) is 3.96. The topological polar surface area (TPSA) is 98.7 Å². The van der Waals surface area contributed by atoms with Gasteiger partial charge in [0.25, 0.3) is 0 Å². The fourth-order valence-electron chi connectivity index (χ4n) is 1.47. The third-order valence-corrected chi connectivity index (χ3v) is 2.10. The van der Waals surface area contributed by atoms with Crippen LogP contribution in [-0.4, -0.2) is 22.9 Å². The van der Waals surface area contributed by atoms with Crippen LogP contribution in [-0.2, 0) is 14.4 Å². The Morgan fingerprint density at radius 2 is 1.37 bits per heavy atom. The molecule has 0 radical (unpaired) electrons. The Hall–Kier alpha value is -2.41. The highest BCUT2D eigenvalue weighted by atomic mass is 16.5. The van der Waals surface area contributed by atoms with E-state index in [-0.39, 0.29) is 17.5 Å². The van der Waals surface area contributed by atoms with Crippen LogP contribution in [0.5, 0.6) is 0 Å². The van der Waals surface area contributed by atoms with Crippen LogP contribution in [0.4, 0.5) is 17.1 Å². The van der Waals surface area contributed by atoms with Gasteiger partial charge >= 0.3 is 0 Å². The van der Waals surface area contributed by atoms with E-state index in [0.717, 1.165) is 0 Å². The maximum atomic E-state index is 11.1. The molecule has 0 bridgehead atoms. The second kappa shape index (κ2) is 5.96. The number of anilines is 3. The number of nitrogens with one attached hydrogen (secondary N) is 2. The molecule has 0 atom stereocenters. The lowest BCUT2D eigenvalue weighted by Crippen LogP contribution is -2.24. The van der Waals surface area contributed by atoms with Crippen LogP contribution in [0.2, 0.25) is 0 Å². The third kappa shape index (κ3) is 4.40. The Balaban J connectivity index is 3.18. The number of benzene rings is 1. The van der Waals surface area contributed by atoms with Crippen molar-refractivity contribution in [2.75, 3.05) is 15.7 Å². The number of carbonyl (C=O) groups excluding carboxylic acids is 3. The lowest BCUT2D eigenvalue weighted by atomic mass is 10.2. The van der Waals surface area contributed by atoms with Crippen molar-refractivity contribution in [2.45, 2.75) is 20.8 Å². The summed E-state index contributed by atoms with van der Waals surface area (Å²) in [4.78, 5) is 33.2. The molecule has 0 aliphatic rings. The first-order valence-corrected chi connectivity index (χ1v) is 5.49. The van der Waals surface area contributed by atoms with Crippen LogP contribution in [0.3, 0.4) is 0 Å². The molecule has 19 heavy (non-hydrogen) atoms. The molecular formula is C12H15N3O4. The monoisotopic (exact) mass is 265 g/mol. The Morgan fingerprint density at radius 3 is 1.68 bits per heavy atom. The van der Waals surface area contributed by atoms with E-state index >= 15 is 0 Å². The maximum absolute atomic E-state index is 11.1. The van der Waals surface area contributed by atoms with Crippen LogP contribution in [0, 0.1) is 0 Å². The molecule has 0 spiro atoms. The molecule has 0 aliphatic heterocycles. The summed E-state index contributed by atoms with van der Waals surface area (Å²) < 4.78 is 0. The maximum Gasteiger partial charge on any atom is 0.247 e. The third-order valence-electron chi connectivity index (χ3n) is 2.10. The van der Waals surface area contributed by atoms with Crippen molar-refractivity contribution in [2.24, 2.45) is 0 Å². The molecule has 0 heterocycles. The smallest absolute Gasteiger partial charge is 0.247 e. The van der Waals surface area contributed by atoms with E-state index in [1.54, 1.807) is 0 Å². The molecule has 1 aromatic rings. The highest BCUT2D eigenvalue weighted by Gasteiger charge is 2.11. The number of carbonyl (C=O) groups is 3. The minimum Gasteiger partial charge on any atom is -0.326 e. The van der Waals surface area contributed by atoms with E-state index in [0.29, 0.717) is 16.4 Å². The highest BCUT2D eigenvalue weighted by Crippen LogP contribution is 2.25. The van der Waals surface area contributed by atoms with Gasteiger partial charge in [-0.3, -0.25) is 19.6 Å². The first-order chi connectivity index (χ1) is 8.79. The van der Waals surface area contributed by atoms with Crippen LogP contribution in [0.25, 0.3) is 0 Å². The molecular weight excluding hydrogens is 250 g/mol. The summed E-state index contributed by atoms with van der Waals surface area (Å²) in [5.41, 5.74) is 0.852. The van der Waals surface area contributed by atoms with Gasteiger partial charge in [-0.15, -0.1) is 0 Å². The summed E-state index contributed by atoms with van der Waals surface area (Å²) in [6.45, 7) is 3.84. The van der Waals surface area contributed by atoms with Gasteiger partial charge in [0.2, 0.25) is 17.7 Å². The van der Waals surface area contributed by atoms with Gasteiger partial charge in [-0.25, -0.2) is 0 Å². The molecule has 0 aromatic heterocycles. The van der Waals surface area contributed by atoms with Crippen LogP contribution in [0.1, 0.15) is 20.8 Å². The van der Waals surface area contributed by atoms with Crippen molar-refractivity contribution >= 4 is 34.8 Å². The second-order valence-corrected chi connectivity index (χ2v) is 3.96. The summed E-state index contributed by atoms with van der Waals surface area (Å²) in [5, 5.41) is 15.0. The molecule has 0 saturated heterocycles. The van der Waals surface area contributed by atoms with Gasteiger partial charge in [0.15, 0.2) is 0 Å². The van der Waals surface area contributed by atoms with Gasteiger partial charge in [-0.2, -0.15) is 5.06 Å². The van der Waals surface area contributed by atoms with E-state index in [9.17, 15) is 19.6 Å². The zero-order valence-electron chi connectivity index (χ0n) is 10.9. The summed E-state index contributed by atoms with van der Waals surface area (Å²) in [6, 6.07) is 4.34. The van der Waals surface area contributed by atoms with Gasteiger partial charge in [-0.1, -0.05) is 0 Å². The van der Waals surface area contributed by atoms with E-state index in [2.05, 4.69) is 10.6 Å². The quantitative estimate of drug-likeness (QED) is 0.567. The van der Waals surface area contributed by atoms with E-state index in [4.69, 9.17) is 0 Å². The Bertz CT molecular complexity index is 493. The molecule has 7 nitrogen and oxygen atoms in total. The normalized spacial score (nSPS) is 9.68. The summed E-state index contributed by atoms with van der Waals surface area (Å²) in [5.74, 6) is -1.20. The number of hydroxylamine groups is 1. The van der Waals surface area contributed by atoms with Gasteiger partial charge in [0.1, 0.15) is 0 Å². The van der Waals surface area contributed by atoms with Crippen molar-refractivity contribution in [1.82, 2.24) is 0 Å². The molecule has 1 rings (SSSR count). The number of hydrogen-bond acceptors (Lipinski definition) is 4. The van der Waals surface area contributed by atoms with Crippen LogP contribution >= 0.6 is 0 Å². The van der Waals surface area contributed by atoms with Gasteiger partial charge < -0.3 is 10.6 Å². The first-order valence-electron chi connectivity index (χ1n) is 5.49. The van der Waals surface area contributed by atoms with Gasteiger partial charge in [0.05, 0.1) is 5.69 Å². The predicted octanol–water partition coefficient (Wildman–Crippen LogP) is 1.35. The average Bonchev–Trinajstić information content (AvgIpc) is 2.25. The molecule has 102 valence electrons. The lowest BCUT2D eigenvalue weighted by molar-refractivity contribution is -0.121. The molecule has 0 aliphatic carbocycles. The Labute approximate surface area is 110 Å². The van der Waals surface area contributed by atoms with Gasteiger partial charge in [0, 0.05) is 32.1 Å². The minimum absolute atomic E-state index is 0.141. The molecule has 3 amide bonds. The van der Waals surface area contributed by atoms with E-state index in [1.807, 2.05) is 0 Å². The summed E-state index contributed by atoms with van der Waals surface area (Å²) in [7, 11) is 0. The number of nitrogens with zero attached hydrogens (tertiary/aromatic N) is 1. The molecule has 7 heteroatoms. The van der Waals surface area contributed by atoms with Crippen molar-refractivity contribution in [3.05, 3.63) is 18.2 Å². The Kier molecular flexibility index (Phi) is 4.60. The number of rotatable bonds is 3. The fraction of sp³-hybridized carbons (Fsp3) is 0.250. The van der Waals surface area contributed by atoms with E-state index in [1.165, 1.54) is 39.0 Å². The van der Waals surface area contributed by atoms with Crippen molar-refractivity contribution in [3.63, 3.8) is 0 Å². The zero-order valence-corrected chi connectivity index (χ0v) is 10.9. The molecule has 0 saturated carbocycles. The van der Waals surface area contributed by atoms with Crippen LogP contribution < -0.4 is 15.7 Å². The highest BCUT2D eigenvalue weighted by molar-refractivity contribution is 5.96. The largest absolute Gasteiger partial charge is 0.326 e. The lowest BCUT2D eigenvalue weighted by Gasteiger charge is -2.16. The molecule has 1 aromatic carbocycles. The first kappa shape index (κ1) is 14.7. The predicted molar refractivity (Wildman–Crippen MR) is 70.0 cm³/mol. The van der Waals surface area contributed by atoms with Gasteiger partial charge in [-0.05, 0) is 18.2 Å². The zero-order chi connectivity index (χ0) is 14.6. The van der Waals surface area contributed by atoms with Crippen molar-refractivity contribution in [3.8, 4) is 0 Å².